The highest BCUT2D eigenvalue weighted by atomic mass is 19.4. The zero-order valence-electron chi connectivity index (χ0n) is 21.3. The summed E-state index contributed by atoms with van der Waals surface area (Å²) in [5.74, 6) is 1.41. The number of piperidine rings is 1. The van der Waals surface area contributed by atoms with E-state index >= 15 is 0 Å². The predicted molar refractivity (Wildman–Crippen MR) is 133 cm³/mol. The zero-order chi connectivity index (χ0) is 27.2. The molecule has 3 fully saturated rings. The molecule has 2 unspecified atom stereocenters. The third-order valence-electron chi connectivity index (χ3n) is 8.11. The monoisotopic (exact) mass is 544 g/mol. The molecule has 3 N–H and O–H groups in total. The van der Waals surface area contributed by atoms with Crippen LogP contribution in [0.25, 0.3) is 5.78 Å². The van der Waals surface area contributed by atoms with Gasteiger partial charge in [0.15, 0.2) is 5.60 Å². The maximum Gasteiger partial charge on any atom is 0.417 e. The van der Waals surface area contributed by atoms with Gasteiger partial charge in [-0.1, -0.05) is 30.3 Å². The molecule has 1 aromatic carbocycles. The van der Waals surface area contributed by atoms with Gasteiger partial charge in [0, 0.05) is 6.42 Å². The Morgan fingerprint density at radius 1 is 1.18 bits per heavy atom. The number of nitrogens with one attached hydrogen (secondary N) is 2. The van der Waals surface area contributed by atoms with Crippen LogP contribution in [-0.2, 0) is 11.3 Å². The molecule has 3 aromatic rings. The molecule has 0 bridgehead atoms. The van der Waals surface area contributed by atoms with Crippen LogP contribution >= 0.6 is 0 Å². The molecule has 6 rings (SSSR count). The summed E-state index contributed by atoms with van der Waals surface area (Å²) in [6.45, 7) is 0.141. The Labute approximate surface area is 223 Å². The molecule has 208 valence electrons. The van der Waals surface area contributed by atoms with E-state index in [2.05, 4.69) is 25.7 Å². The van der Waals surface area contributed by atoms with Crippen molar-refractivity contribution in [2.45, 2.75) is 69.0 Å². The number of hydrogen-bond donors (Lipinski definition) is 3. The van der Waals surface area contributed by atoms with Crippen molar-refractivity contribution < 1.29 is 27.8 Å². The second kappa shape index (κ2) is 10.1. The van der Waals surface area contributed by atoms with E-state index in [0.717, 1.165) is 31.2 Å². The van der Waals surface area contributed by atoms with Gasteiger partial charge in [0.05, 0.1) is 35.9 Å². The van der Waals surface area contributed by atoms with Crippen LogP contribution in [0.1, 0.15) is 67.6 Å². The smallest absolute Gasteiger partial charge is 0.417 e. The van der Waals surface area contributed by atoms with Crippen molar-refractivity contribution in [3.63, 3.8) is 0 Å². The standard InChI is InChI=1S/C27H31F3N6O3/c28-27(29,30)26(38)10-11-31-19(12-26)20-13-32-36-14-21(34-24(36)33-20)23(22(17-6-7-17)18-8-9-18)35-25(37)39-15-16-4-2-1-3-5-16/h1-5,13-14,17-19,22-23,31,38H,6-12,15H2,(H,35,37)/t19?,23-,26?/m1/s1. The van der Waals surface area contributed by atoms with E-state index in [1.165, 1.54) is 10.7 Å². The van der Waals surface area contributed by atoms with Crippen LogP contribution in [0.4, 0.5) is 18.0 Å². The quantitative estimate of drug-likeness (QED) is 0.389. The van der Waals surface area contributed by atoms with Crippen molar-refractivity contribution in [1.29, 1.82) is 0 Å². The molecule has 1 aliphatic heterocycles. The molecule has 2 saturated carbocycles. The molecule has 0 radical (unpaired) electrons. The Hall–Kier alpha value is -3.25. The number of aliphatic hydroxyl groups is 1. The van der Waals surface area contributed by atoms with Crippen molar-refractivity contribution in [2.24, 2.45) is 17.8 Å². The Kier molecular flexibility index (Phi) is 6.70. The van der Waals surface area contributed by atoms with Gasteiger partial charge in [-0.25, -0.2) is 19.3 Å². The van der Waals surface area contributed by atoms with Gasteiger partial charge in [-0.15, -0.1) is 0 Å². The van der Waals surface area contributed by atoms with E-state index in [4.69, 9.17) is 4.74 Å². The van der Waals surface area contributed by atoms with Gasteiger partial charge in [-0.3, -0.25) is 0 Å². The molecule has 9 nitrogen and oxygen atoms in total. The number of alkyl carbamates (subject to hydrolysis) is 1. The lowest BCUT2D eigenvalue weighted by Crippen LogP contribution is -2.53. The van der Waals surface area contributed by atoms with Crippen LogP contribution < -0.4 is 10.6 Å². The van der Waals surface area contributed by atoms with Crippen molar-refractivity contribution in [3.8, 4) is 0 Å². The van der Waals surface area contributed by atoms with Gasteiger partial charge in [0.2, 0.25) is 0 Å². The molecule has 2 aliphatic carbocycles. The summed E-state index contributed by atoms with van der Waals surface area (Å²) in [6, 6.07) is 8.21. The molecular weight excluding hydrogens is 513 g/mol. The molecule has 12 heteroatoms. The minimum absolute atomic E-state index is 0.00519. The van der Waals surface area contributed by atoms with Crippen LogP contribution in [0, 0.1) is 17.8 Å². The van der Waals surface area contributed by atoms with Crippen molar-refractivity contribution >= 4 is 11.9 Å². The molecule has 1 saturated heterocycles. The lowest BCUT2D eigenvalue weighted by molar-refractivity contribution is -0.271. The number of hydrogen-bond acceptors (Lipinski definition) is 7. The number of amides is 1. The van der Waals surface area contributed by atoms with Crippen LogP contribution in [0.15, 0.2) is 42.7 Å². The lowest BCUT2D eigenvalue weighted by Gasteiger charge is -2.38. The van der Waals surface area contributed by atoms with Gasteiger partial charge in [-0.2, -0.15) is 18.3 Å². The number of halogens is 3. The topological polar surface area (TPSA) is 114 Å². The Bertz CT molecular complexity index is 1320. The number of rotatable bonds is 8. The molecule has 3 atom stereocenters. The lowest BCUT2D eigenvalue weighted by atomic mass is 9.86. The van der Waals surface area contributed by atoms with E-state index in [9.17, 15) is 23.1 Å². The molecule has 39 heavy (non-hydrogen) atoms. The number of imidazole rings is 1. The number of nitrogens with zero attached hydrogens (tertiary/aromatic N) is 4. The first-order chi connectivity index (χ1) is 18.7. The number of benzene rings is 1. The third kappa shape index (κ3) is 5.58. The Morgan fingerprint density at radius 3 is 2.56 bits per heavy atom. The SMILES string of the molecule is O=C(N[C@H](c1cn2ncc(C3CC(O)(C(F)(F)F)CCN3)nc2n1)C(C1CC1)C1CC1)OCc1ccccc1. The fourth-order valence-electron chi connectivity index (χ4n) is 5.71. The summed E-state index contributed by atoms with van der Waals surface area (Å²) in [7, 11) is 0. The number of carbonyl (C=O) groups is 1. The van der Waals surface area contributed by atoms with Crippen LogP contribution in [0.2, 0.25) is 0 Å². The fraction of sp³-hybridized carbons (Fsp3) is 0.556. The summed E-state index contributed by atoms with van der Waals surface area (Å²) in [5, 5.41) is 20.6. The molecule has 3 aliphatic rings. The molecule has 3 heterocycles. The number of ether oxygens (including phenoxy) is 1. The summed E-state index contributed by atoms with van der Waals surface area (Å²) < 4.78 is 47.4. The maximum atomic E-state index is 13.5. The van der Waals surface area contributed by atoms with Gasteiger partial charge >= 0.3 is 12.3 Å². The maximum absolute atomic E-state index is 13.5. The van der Waals surface area contributed by atoms with E-state index in [1.807, 2.05) is 30.3 Å². The number of carbonyl (C=O) groups excluding carboxylic acids is 1. The van der Waals surface area contributed by atoms with Crippen molar-refractivity contribution in [2.75, 3.05) is 6.54 Å². The van der Waals surface area contributed by atoms with Crippen molar-refractivity contribution in [3.05, 3.63) is 59.7 Å². The van der Waals surface area contributed by atoms with Gasteiger partial charge in [0.25, 0.3) is 5.78 Å². The second-order valence-corrected chi connectivity index (χ2v) is 11.0. The second-order valence-electron chi connectivity index (χ2n) is 11.0. The first-order valence-electron chi connectivity index (χ1n) is 13.4. The Morgan fingerprint density at radius 2 is 1.90 bits per heavy atom. The fourth-order valence-corrected chi connectivity index (χ4v) is 5.71. The van der Waals surface area contributed by atoms with E-state index in [1.54, 1.807) is 6.20 Å². The highest BCUT2D eigenvalue weighted by Gasteiger charge is 2.56. The first-order valence-corrected chi connectivity index (χ1v) is 13.4. The van der Waals surface area contributed by atoms with Crippen LogP contribution in [-0.4, -0.2) is 49.1 Å². The van der Waals surface area contributed by atoms with Gasteiger partial charge in [-0.05, 0) is 62.0 Å². The highest BCUT2D eigenvalue weighted by molar-refractivity contribution is 5.68. The first kappa shape index (κ1) is 26.0. The summed E-state index contributed by atoms with van der Waals surface area (Å²) in [5.41, 5.74) is -1.04. The van der Waals surface area contributed by atoms with Crippen LogP contribution in [0.3, 0.4) is 0 Å². The Balaban J connectivity index is 1.24. The molecule has 1 amide bonds. The molecule has 0 spiro atoms. The largest absolute Gasteiger partial charge is 0.445 e. The summed E-state index contributed by atoms with van der Waals surface area (Å²) in [4.78, 5) is 22.0. The minimum Gasteiger partial charge on any atom is -0.445 e. The summed E-state index contributed by atoms with van der Waals surface area (Å²) >= 11 is 0. The van der Waals surface area contributed by atoms with E-state index in [0.29, 0.717) is 17.5 Å². The predicted octanol–water partition coefficient (Wildman–Crippen LogP) is 4.25. The number of fused-ring (bicyclic) bond motifs is 1. The number of aromatic nitrogens is 4. The van der Waals surface area contributed by atoms with E-state index < -0.39 is 42.8 Å². The number of alkyl halides is 3. The van der Waals surface area contributed by atoms with Gasteiger partial charge in [0.1, 0.15) is 6.61 Å². The third-order valence-corrected chi connectivity index (χ3v) is 8.11. The minimum atomic E-state index is -4.74. The molecule has 2 aromatic heterocycles. The highest BCUT2D eigenvalue weighted by Crippen LogP contribution is 2.54. The average Bonchev–Trinajstić information content (AvgIpc) is 3.86. The summed E-state index contributed by atoms with van der Waals surface area (Å²) in [6.07, 6.45) is 1.26. The molecular formula is C27H31F3N6O3. The average molecular weight is 545 g/mol. The van der Waals surface area contributed by atoms with Crippen LogP contribution in [0.5, 0.6) is 0 Å². The normalized spacial score (nSPS) is 24.6. The zero-order valence-corrected chi connectivity index (χ0v) is 21.3. The van der Waals surface area contributed by atoms with Crippen molar-refractivity contribution in [1.82, 2.24) is 30.2 Å². The van der Waals surface area contributed by atoms with E-state index in [-0.39, 0.29) is 30.5 Å². The van der Waals surface area contributed by atoms with Gasteiger partial charge < -0.3 is 20.5 Å².